The standard InChI is InChI=1S/C23H27N5O/c1-3-19-20(4-2)27-22-21(26-19)14-18(15-24-22)28-12-10-16(11-13-28)23(29)25-17-8-6-5-7-9-17/h5-9,14-16H,3-4,10-13H2,1-2H3,(H,25,29). The quantitative estimate of drug-likeness (QED) is 0.714. The van der Waals surface area contributed by atoms with Crippen LogP contribution in [-0.2, 0) is 17.6 Å². The van der Waals surface area contributed by atoms with E-state index in [1.54, 1.807) is 0 Å². The third-order valence-corrected chi connectivity index (χ3v) is 5.60. The number of hydrogen-bond donors (Lipinski definition) is 1. The fourth-order valence-electron chi connectivity index (χ4n) is 3.91. The lowest BCUT2D eigenvalue weighted by Crippen LogP contribution is -2.38. The summed E-state index contributed by atoms with van der Waals surface area (Å²) in [6.07, 6.45) is 5.29. The first-order valence-electron chi connectivity index (χ1n) is 10.4. The van der Waals surface area contributed by atoms with Gasteiger partial charge in [-0.25, -0.2) is 15.0 Å². The zero-order chi connectivity index (χ0) is 20.2. The van der Waals surface area contributed by atoms with Crippen molar-refractivity contribution in [2.75, 3.05) is 23.3 Å². The molecule has 3 heterocycles. The molecule has 0 spiro atoms. The van der Waals surface area contributed by atoms with E-state index in [0.29, 0.717) is 5.65 Å². The van der Waals surface area contributed by atoms with Gasteiger partial charge in [-0.3, -0.25) is 4.79 Å². The molecule has 0 aliphatic carbocycles. The van der Waals surface area contributed by atoms with Crippen LogP contribution in [0.4, 0.5) is 11.4 Å². The number of rotatable bonds is 5. The van der Waals surface area contributed by atoms with Gasteiger partial charge in [-0.2, -0.15) is 0 Å². The van der Waals surface area contributed by atoms with Crippen molar-refractivity contribution in [1.29, 1.82) is 0 Å². The van der Waals surface area contributed by atoms with Crippen LogP contribution < -0.4 is 10.2 Å². The zero-order valence-corrected chi connectivity index (χ0v) is 17.1. The Morgan fingerprint density at radius 1 is 1.07 bits per heavy atom. The summed E-state index contributed by atoms with van der Waals surface area (Å²) in [5.74, 6) is 0.150. The molecule has 3 aromatic rings. The van der Waals surface area contributed by atoms with Gasteiger partial charge in [0.2, 0.25) is 5.91 Å². The molecule has 4 rings (SSSR count). The predicted molar refractivity (Wildman–Crippen MR) is 116 cm³/mol. The van der Waals surface area contributed by atoms with Crippen LogP contribution in [0.1, 0.15) is 38.1 Å². The largest absolute Gasteiger partial charge is 0.370 e. The Morgan fingerprint density at radius 2 is 1.76 bits per heavy atom. The maximum atomic E-state index is 12.6. The minimum Gasteiger partial charge on any atom is -0.370 e. The molecule has 1 amide bonds. The van der Waals surface area contributed by atoms with Crippen molar-refractivity contribution < 1.29 is 4.79 Å². The van der Waals surface area contributed by atoms with Gasteiger partial charge in [0.1, 0.15) is 5.52 Å². The first-order chi connectivity index (χ1) is 14.2. The van der Waals surface area contributed by atoms with E-state index in [1.165, 1.54) is 0 Å². The summed E-state index contributed by atoms with van der Waals surface area (Å²) >= 11 is 0. The number of para-hydroxylation sites is 1. The fraction of sp³-hybridized carbons (Fsp3) is 0.391. The number of aryl methyl sites for hydroxylation is 2. The lowest BCUT2D eigenvalue weighted by atomic mass is 9.95. The van der Waals surface area contributed by atoms with Crippen molar-refractivity contribution in [3.05, 3.63) is 54.0 Å². The molecule has 1 aliphatic rings. The molecule has 6 nitrogen and oxygen atoms in total. The average Bonchev–Trinajstić information content (AvgIpc) is 2.78. The summed E-state index contributed by atoms with van der Waals surface area (Å²) in [6, 6.07) is 11.7. The van der Waals surface area contributed by atoms with Gasteiger partial charge in [-0.05, 0) is 43.9 Å². The third-order valence-electron chi connectivity index (χ3n) is 5.60. The van der Waals surface area contributed by atoms with E-state index in [2.05, 4.69) is 40.1 Å². The van der Waals surface area contributed by atoms with Crippen LogP contribution in [0.2, 0.25) is 0 Å². The second-order valence-electron chi connectivity index (χ2n) is 7.48. The topological polar surface area (TPSA) is 71.0 Å². The van der Waals surface area contributed by atoms with Gasteiger partial charge in [0.15, 0.2) is 5.65 Å². The molecule has 0 atom stereocenters. The van der Waals surface area contributed by atoms with Gasteiger partial charge in [0.05, 0.1) is 23.3 Å². The molecule has 0 bridgehead atoms. The summed E-state index contributed by atoms with van der Waals surface area (Å²) in [6.45, 7) is 5.88. The first kappa shape index (κ1) is 19.3. The smallest absolute Gasteiger partial charge is 0.227 e. The first-order valence-corrected chi connectivity index (χ1v) is 10.4. The Labute approximate surface area is 171 Å². The van der Waals surface area contributed by atoms with Crippen LogP contribution in [0, 0.1) is 5.92 Å². The number of anilines is 2. The van der Waals surface area contributed by atoms with Crippen molar-refractivity contribution in [2.24, 2.45) is 5.92 Å². The minimum atomic E-state index is 0.0402. The zero-order valence-electron chi connectivity index (χ0n) is 17.1. The SMILES string of the molecule is CCc1nc2cc(N3CCC(C(=O)Nc4ccccc4)CC3)cnc2nc1CC. The monoisotopic (exact) mass is 389 g/mol. The molecular weight excluding hydrogens is 362 g/mol. The Morgan fingerprint density at radius 3 is 2.45 bits per heavy atom. The Kier molecular flexibility index (Phi) is 5.69. The van der Waals surface area contributed by atoms with Gasteiger partial charge < -0.3 is 10.2 Å². The lowest BCUT2D eigenvalue weighted by molar-refractivity contribution is -0.120. The Balaban J connectivity index is 1.44. The molecule has 0 unspecified atom stereocenters. The average molecular weight is 390 g/mol. The number of benzene rings is 1. The maximum Gasteiger partial charge on any atom is 0.227 e. The van der Waals surface area contributed by atoms with Crippen molar-refractivity contribution >= 4 is 28.4 Å². The summed E-state index contributed by atoms with van der Waals surface area (Å²) in [4.78, 5) is 28.9. The van der Waals surface area contributed by atoms with E-state index in [4.69, 9.17) is 4.98 Å². The van der Waals surface area contributed by atoms with Gasteiger partial charge in [0.25, 0.3) is 0 Å². The number of nitrogens with one attached hydrogen (secondary N) is 1. The molecule has 0 radical (unpaired) electrons. The van der Waals surface area contributed by atoms with E-state index in [9.17, 15) is 4.79 Å². The summed E-state index contributed by atoms with van der Waals surface area (Å²) in [5.41, 5.74) is 5.55. The van der Waals surface area contributed by atoms with Gasteiger partial charge >= 0.3 is 0 Å². The number of fused-ring (bicyclic) bond motifs is 1. The van der Waals surface area contributed by atoms with Crippen LogP contribution in [0.25, 0.3) is 11.2 Å². The molecule has 1 N–H and O–H groups in total. The molecule has 150 valence electrons. The highest BCUT2D eigenvalue weighted by Gasteiger charge is 2.25. The van der Waals surface area contributed by atoms with E-state index >= 15 is 0 Å². The van der Waals surface area contributed by atoms with Gasteiger partial charge in [-0.1, -0.05) is 32.0 Å². The van der Waals surface area contributed by atoms with Crippen molar-refractivity contribution in [3.8, 4) is 0 Å². The number of aromatic nitrogens is 3. The Hall–Kier alpha value is -3.02. The van der Waals surface area contributed by atoms with E-state index in [0.717, 1.165) is 67.1 Å². The highest BCUT2D eigenvalue weighted by atomic mass is 16.1. The van der Waals surface area contributed by atoms with E-state index in [1.807, 2.05) is 36.5 Å². The van der Waals surface area contributed by atoms with Gasteiger partial charge in [-0.15, -0.1) is 0 Å². The van der Waals surface area contributed by atoms with Crippen molar-refractivity contribution in [1.82, 2.24) is 15.0 Å². The Bertz CT molecular complexity index is 997. The molecule has 1 saturated heterocycles. The number of hydrogen-bond acceptors (Lipinski definition) is 5. The summed E-state index contributed by atoms with van der Waals surface area (Å²) in [5, 5.41) is 3.03. The molecular formula is C23H27N5O. The van der Waals surface area contributed by atoms with Crippen LogP contribution in [0.3, 0.4) is 0 Å². The van der Waals surface area contributed by atoms with Crippen LogP contribution in [-0.4, -0.2) is 33.9 Å². The molecule has 1 aromatic carbocycles. The summed E-state index contributed by atoms with van der Waals surface area (Å²) in [7, 11) is 0. The number of carbonyl (C=O) groups is 1. The van der Waals surface area contributed by atoms with E-state index in [-0.39, 0.29) is 11.8 Å². The van der Waals surface area contributed by atoms with Crippen LogP contribution >= 0.6 is 0 Å². The number of amides is 1. The lowest BCUT2D eigenvalue weighted by Gasteiger charge is -2.32. The molecule has 0 saturated carbocycles. The molecule has 2 aromatic heterocycles. The third kappa shape index (κ3) is 4.21. The molecule has 29 heavy (non-hydrogen) atoms. The molecule has 6 heteroatoms. The van der Waals surface area contributed by atoms with Crippen LogP contribution in [0.5, 0.6) is 0 Å². The van der Waals surface area contributed by atoms with E-state index < -0.39 is 0 Å². The fourth-order valence-corrected chi connectivity index (χ4v) is 3.91. The number of piperidine rings is 1. The second-order valence-corrected chi connectivity index (χ2v) is 7.48. The maximum absolute atomic E-state index is 12.6. The normalized spacial score (nSPS) is 14.9. The van der Waals surface area contributed by atoms with Crippen molar-refractivity contribution in [2.45, 2.75) is 39.5 Å². The molecule has 1 fully saturated rings. The van der Waals surface area contributed by atoms with Gasteiger partial charge in [0, 0.05) is 24.7 Å². The predicted octanol–water partition coefficient (Wildman–Crippen LogP) is 4.00. The van der Waals surface area contributed by atoms with Crippen molar-refractivity contribution in [3.63, 3.8) is 0 Å². The van der Waals surface area contributed by atoms with Crippen LogP contribution in [0.15, 0.2) is 42.6 Å². The number of carbonyl (C=O) groups excluding carboxylic acids is 1. The highest BCUT2D eigenvalue weighted by Crippen LogP contribution is 2.26. The second kappa shape index (κ2) is 8.55. The number of nitrogens with zero attached hydrogens (tertiary/aromatic N) is 4. The number of pyridine rings is 1. The molecule has 1 aliphatic heterocycles. The minimum absolute atomic E-state index is 0.0402. The highest BCUT2D eigenvalue weighted by molar-refractivity contribution is 5.92. The summed E-state index contributed by atoms with van der Waals surface area (Å²) < 4.78 is 0.